The molecule has 2 fully saturated rings. The van der Waals surface area contributed by atoms with Crippen LogP contribution >= 0.6 is 0 Å². The molecule has 2 aliphatic rings. The zero-order valence-electron chi connectivity index (χ0n) is 10.4. The zero-order chi connectivity index (χ0) is 12.0. The van der Waals surface area contributed by atoms with Gasteiger partial charge in [-0.25, -0.2) is 0 Å². The number of rotatable bonds is 3. The molecule has 2 aliphatic carbocycles. The largest absolute Gasteiger partial charge is 0.309 e. The Bertz CT molecular complexity index is 428. The van der Waals surface area contributed by atoms with Crippen LogP contribution in [0, 0.1) is 17.8 Å². The summed E-state index contributed by atoms with van der Waals surface area (Å²) >= 11 is 0. The second-order valence-electron chi connectivity index (χ2n) is 5.64. The molecule has 1 amide bonds. The van der Waals surface area contributed by atoms with Crippen molar-refractivity contribution in [3.8, 4) is 0 Å². The second kappa shape index (κ2) is 3.86. The van der Waals surface area contributed by atoms with Gasteiger partial charge in [-0.1, -0.05) is 20.3 Å². The van der Waals surface area contributed by atoms with Crippen molar-refractivity contribution in [3.05, 3.63) is 11.8 Å². The number of nitrogens with one attached hydrogen (secondary N) is 2. The van der Waals surface area contributed by atoms with Crippen molar-refractivity contribution in [1.29, 1.82) is 0 Å². The molecule has 2 unspecified atom stereocenters. The molecule has 0 aromatic carbocycles. The Morgan fingerprint density at radius 3 is 2.76 bits per heavy atom. The SMILES string of the molecule is CC(C)c1cc(NC(=O)C2C3CCCC32)n[nH]1. The van der Waals surface area contributed by atoms with Crippen molar-refractivity contribution in [1.82, 2.24) is 10.2 Å². The van der Waals surface area contributed by atoms with E-state index in [0.29, 0.717) is 23.6 Å². The summed E-state index contributed by atoms with van der Waals surface area (Å²) in [5.74, 6) is 2.85. The van der Waals surface area contributed by atoms with Gasteiger partial charge in [-0.15, -0.1) is 0 Å². The summed E-state index contributed by atoms with van der Waals surface area (Å²) in [7, 11) is 0. The van der Waals surface area contributed by atoms with Crippen LogP contribution in [-0.4, -0.2) is 16.1 Å². The van der Waals surface area contributed by atoms with Crippen molar-refractivity contribution >= 4 is 11.7 Å². The average Bonchev–Trinajstić information content (AvgIpc) is 2.72. The molecule has 2 N–H and O–H groups in total. The van der Waals surface area contributed by atoms with Crippen LogP contribution in [0.2, 0.25) is 0 Å². The summed E-state index contributed by atoms with van der Waals surface area (Å²) in [6.07, 6.45) is 3.78. The standard InChI is InChI=1S/C13H19N3O/c1-7(2)10-6-11(16-15-10)14-13(17)12-8-4-3-5-9(8)12/h6-9,12H,3-5H2,1-2H3,(H2,14,15,16,17). The van der Waals surface area contributed by atoms with E-state index in [1.807, 2.05) is 6.07 Å². The Kier molecular flexibility index (Phi) is 2.45. The van der Waals surface area contributed by atoms with Gasteiger partial charge in [0.05, 0.1) is 0 Å². The number of carbonyl (C=O) groups excluding carboxylic acids is 1. The first-order chi connectivity index (χ1) is 8.16. The molecule has 2 atom stereocenters. The summed E-state index contributed by atoms with van der Waals surface area (Å²) < 4.78 is 0. The summed E-state index contributed by atoms with van der Waals surface area (Å²) in [5, 5.41) is 10.0. The maximum atomic E-state index is 12.0. The summed E-state index contributed by atoms with van der Waals surface area (Å²) in [4.78, 5) is 12.0. The Morgan fingerprint density at radius 1 is 1.47 bits per heavy atom. The monoisotopic (exact) mass is 233 g/mol. The molecule has 92 valence electrons. The van der Waals surface area contributed by atoms with Gasteiger partial charge >= 0.3 is 0 Å². The number of amides is 1. The van der Waals surface area contributed by atoms with Gasteiger partial charge in [-0.3, -0.25) is 9.89 Å². The molecule has 4 nitrogen and oxygen atoms in total. The fourth-order valence-corrected chi connectivity index (χ4v) is 3.12. The van der Waals surface area contributed by atoms with E-state index in [-0.39, 0.29) is 11.8 Å². The van der Waals surface area contributed by atoms with Crippen LogP contribution in [0.5, 0.6) is 0 Å². The van der Waals surface area contributed by atoms with Crippen LogP contribution in [0.25, 0.3) is 0 Å². The van der Waals surface area contributed by atoms with Crippen molar-refractivity contribution in [2.24, 2.45) is 17.8 Å². The third-order valence-electron chi connectivity index (χ3n) is 4.18. The highest BCUT2D eigenvalue weighted by Crippen LogP contribution is 2.57. The molecule has 0 bridgehead atoms. The molecular weight excluding hydrogens is 214 g/mol. The highest BCUT2D eigenvalue weighted by atomic mass is 16.2. The van der Waals surface area contributed by atoms with Gasteiger partial charge in [0.2, 0.25) is 5.91 Å². The lowest BCUT2D eigenvalue weighted by molar-refractivity contribution is -0.118. The lowest BCUT2D eigenvalue weighted by Gasteiger charge is -2.03. The van der Waals surface area contributed by atoms with E-state index < -0.39 is 0 Å². The van der Waals surface area contributed by atoms with Crippen LogP contribution in [0.15, 0.2) is 6.07 Å². The van der Waals surface area contributed by atoms with Gasteiger partial charge in [0.1, 0.15) is 0 Å². The van der Waals surface area contributed by atoms with E-state index in [1.165, 1.54) is 19.3 Å². The third-order valence-corrected chi connectivity index (χ3v) is 4.18. The van der Waals surface area contributed by atoms with Gasteiger partial charge in [-0.05, 0) is 30.6 Å². The molecule has 2 saturated carbocycles. The van der Waals surface area contributed by atoms with E-state index in [1.54, 1.807) is 0 Å². The second-order valence-corrected chi connectivity index (χ2v) is 5.64. The topological polar surface area (TPSA) is 57.8 Å². The lowest BCUT2D eigenvalue weighted by atomic mass is 10.1. The van der Waals surface area contributed by atoms with Crippen molar-refractivity contribution in [3.63, 3.8) is 0 Å². The van der Waals surface area contributed by atoms with Crippen LogP contribution in [0.1, 0.15) is 44.7 Å². The maximum Gasteiger partial charge on any atom is 0.229 e. The predicted octanol–water partition coefficient (Wildman–Crippen LogP) is 2.52. The molecule has 3 rings (SSSR count). The minimum Gasteiger partial charge on any atom is -0.309 e. The minimum absolute atomic E-state index is 0.168. The number of anilines is 1. The molecular formula is C13H19N3O. The van der Waals surface area contributed by atoms with E-state index in [9.17, 15) is 4.79 Å². The fourth-order valence-electron chi connectivity index (χ4n) is 3.12. The van der Waals surface area contributed by atoms with Gasteiger partial charge < -0.3 is 5.32 Å². The molecule has 0 spiro atoms. The molecule has 0 aliphatic heterocycles. The number of fused-ring (bicyclic) bond motifs is 1. The van der Waals surface area contributed by atoms with Crippen LogP contribution in [0.4, 0.5) is 5.82 Å². The summed E-state index contributed by atoms with van der Waals surface area (Å²) in [5.41, 5.74) is 1.07. The van der Waals surface area contributed by atoms with Crippen LogP contribution in [-0.2, 0) is 4.79 Å². The van der Waals surface area contributed by atoms with Gasteiger partial charge in [0, 0.05) is 17.7 Å². The normalized spacial score (nSPS) is 30.4. The maximum absolute atomic E-state index is 12.0. The number of hydrogen-bond acceptors (Lipinski definition) is 2. The van der Waals surface area contributed by atoms with Crippen LogP contribution in [0.3, 0.4) is 0 Å². The number of aromatic nitrogens is 2. The van der Waals surface area contributed by atoms with E-state index >= 15 is 0 Å². The molecule has 0 saturated heterocycles. The molecule has 4 heteroatoms. The summed E-state index contributed by atoms with van der Waals surface area (Å²) in [6, 6.07) is 1.93. The predicted molar refractivity (Wildman–Crippen MR) is 65.6 cm³/mol. The quantitative estimate of drug-likeness (QED) is 0.842. The molecule has 1 aromatic rings. The van der Waals surface area contributed by atoms with E-state index in [4.69, 9.17) is 0 Å². The van der Waals surface area contributed by atoms with Gasteiger partial charge in [0.25, 0.3) is 0 Å². The number of hydrogen-bond donors (Lipinski definition) is 2. The van der Waals surface area contributed by atoms with Crippen LogP contribution < -0.4 is 5.32 Å². The highest BCUT2D eigenvalue weighted by molar-refractivity contribution is 5.94. The number of nitrogens with zero attached hydrogens (tertiary/aromatic N) is 1. The Hall–Kier alpha value is -1.32. The average molecular weight is 233 g/mol. The van der Waals surface area contributed by atoms with Crippen molar-refractivity contribution in [2.75, 3.05) is 5.32 Å². The van der Waals surface area contributed by atoms with Crippen molar-refractivity contribution in [2.45, 2.75) is 39.0 Å². The van der Waals surface area contributed by atoms with Crippen molar-refractivity contribution < 1.29 is 4.79 Å². The molecule has 17 heavy (non-hydrogen) atoms. The Labute approximate surface area is 101 Å². The lowest BCUT2D eigenvalue weighted by Crippen LogP contribution is -2.16. The van der Waals surface area contributed by atoms with Gasteiger partial charge in [-0.2, -0.15) is 5.10 Å². The van der Waals surface area contributed by atoms with Gasteiger partial charge in [0.15, 0.2) is 5.82 Å². The number of carbonyl (C=O) groups is 1. The first kappa shape index (κ1) is 10.8. The van der Waals surface area contributed by atoms with E-state index in [2.05, 4.69) is 29.4 Å². The van der Waals surface area contributed by atoms with E-state index in [0.717, 1.165) is 5.69 Å². The first-order valence-electron chi connectivity index (χ1n) is 6.53. The minimum atomic E-state index is 0.168. The molecule has 0 radical (unpaired) electrons. The third kappa shape index (κ3) is 1.85. The Morgan fingerprint density at radius 2 is 2.18 bits per heavy atom. The Balaban J connectivity index is 1.61. The summed E-state index contributed by atoms with van der Waals surface area (Å²) in [6.45, 7) is 4.20. The molecule has 1 heterocycles. The smallest absolute Gasteiger partial charge is 0.229 e. The molecule has 1 aromatic heterocycles. The zero-order valence-corrected chi connectivity index (χ0v) is 10.4. The highest BCUT2D eigenvalue weighted by Gasteiger charge is 2.56. The number of aromatic amines is 1. The fraction of sp³-hybridized carbons (Fsp3) is 0.692. The first-order valence-corrected chi connectivity index (χ1v) is 6.53. The number of H-pyrrole nitrogens is 1.